The molecule has 1 saturated carbocycles. The Morgan fingerprint density at radius 3 is 2.73 bits per heavy atom. The van der Waals surface area contributed by atoms with Gasteiger partial charge in [-0.3, -0.25) is 0 Å². The Morgan fingerprint density at radius 2 is 2.18 bits per heavy atom. The van der Waals surface area contributed by atoms with Gasteiger partial charge in [-0.1, -0.05) is 0 Å². The topological polar surface area (TPSA) is 35.7 Å². The first-order chi connectivity index (χ1) is 5.33. The first-order valence-electron chi connectivity index (χ1n) is 3.86. The first-order valence-corrected chi connectivity index (χ1v) is 3.86. The predicted molar refractivity (Wildman–Crippen MR) is 42.0 cm³/mol. The fourth-order valence-corrected chi connectivity index (χ4v) is 1.28. The van der Waals surface area contributed by atoms with Crippen LogP contribution in [0, 0.1) is 5.92 Å². The Bertz CT molecular complexity index is 238. The fraction of sp³-hybridized carbons (Fsp3) is 0.625. The lowest BCUT2D eigenvalue weighted by Gasteiger charge is -2.01. The summed E-state index contributed by atoms with van der Waals surface area (Å²) < 4.78 is 5.19. The van der Waals surface area contributed by atoms with Crippen LogP contribution in [0.3, 0.4) is 0 Å². The zero-order valence-electron chi connectivity index (χ0n) is 6.79. The van der Waals surface area contributed by atoms with Crippen molar-refractivity contribution in [1.82, 2.24) is 5.43 Å². The van der Waals surface area contributed by atoms with Gasteiger partial charge in [-0.25, -0.2) is 0 Å². The highest BCUT2D eigenvalue weighted by Gasteiger charge is 2.34. The predicted octanol–water partition coefficient (Wildman–Crippen LogP) is 1.25. The van der Waals surface area contributed by atoms with E-state index in [1.807, 2.05) is 6.92 Å². The molecule has 0 unspecified atom stereocenters. The van der Waals surface area contributed by atoms with Crippen molar-refractivity contribution in [3.63, 3.8) is 0 Å². The van der Waals surface area contributed by atoms with Gasteiger partial charge in [-0.15, -0.1) is 0 Å². The lowest BCUT2D eigenvalue weighted by Crippen LogP contribution is -2.04. The van der Waals surface area contributed by atoms with E-state index in [9.17, 15) is 0 Å². The molecule has 1 aliphatic carbocycles. The van der Waals surface area contributed by atoms with E-state index in [4.69, 9.17) is 4.74 Å². The Morgan fingerprint density at radius 1 is 1.45 bits per heavy atom. The summed E-state index contributed by atoms with van der Waals surface area (Å²) in [7, 11) is 1.68. The standard InChI is InChI=1S/C8H11N2O/c1-5-8(11-2)7(10-9-5)6-3-4-6/h6H,3-4H2,1-2H3. The van der Waals surface area contributed by atoms with Crippen LogP contribution in [0.15, 0.2) is 16.6 Å². The van der Waals surface area contributed by atoms with Crippen LogP contribution in [-0.4, -0.2) is 12.8 Å². The second kappa shape index (κ2) is 2.26. The maximum absolute atomic E-state index is 5.19. The average molecular weight is 151 g/mol. The van der Waals surface area contributed by atoms with Crippen molar-refractivity contribution in [3.05, 3.63) is 11.5 Å². The highest BCUT2D eigenvalue weighted by Crippen LogP contribution is 2.35. The number of methoxy groups -OCH3 is 1. The van der Waals surface area contributed by atoms with Crippen molar-refractivity contribution in [2.24, 2.45) is 11.0 Å². The Labute approximate surface area is 66.1 Å². The van der Waals surface area contributed by atoms with Gasteiger partial charge in [0.15, 0.2) is 5.76 Å². The van der Waals surface area contributed by atoms with E-state index in [-0.39, 0.29) is 0 Å². The minimum atomic E-state index is 0.631. The molecule has 0 saturated heterocycles. The Balaban J connectivity index is 2.21. The summed E-state index contributed by atoms with van der Waals surface area (Å²) in [5.74, 6) is 1.53. The van der Waals surface area contributed by atoms with Crippen molar-refractivity contribution >= 4 is 5.71 Å². The van der Waals surface area contributed by atoms with Gasteiger partial charge in [0.05, 0.1) is 7.11 Å². The molecule has 0 bridgehead atoms. The minimum Gasteiger partial charge on any atom is -0.493 e. The summed E-state index contributed by atoms with van der Waals surface area (Å²) >= 11 is 0. The van der Waals surface area contributed by atoms with E-state index in [1.54, 1.807) is 7.11 Å². The molecule has 2 aliphatic rings. The number of nitrogens with zero attached hydrogens (tertiary/aromatic N) is 2. The van der Waals surface area contributed by atoms with Gasteiger partial charge in [-0.05, 0) is 19.8 Å². The van der Waals surface area contributed by atoms with Crippen LogP contribution in [0.5, 0.6) is 0 Å². The van der Waals surface area contributed by atoms with E-state index in [1.165, 1.54) is 12.8 Å². The van der Waals surface area contributed by atoms with E-state index in [2.05, 4.69) is 10.5 Å². The maximum Gasteiger partial charge on any atom is 0.165 e. The molecule has 11 heavy (non-hydrogen) atoms. The summed E-state index contributed by atoms with van der Waals surface area (Å²) in [5, 5.41) is 4.07. The minimum absolute atomic E-state index is 0.631. The van der Waals surface area contributed by atoms with Crippen LogP contribution in [0.25, 0.3) is 0 Å². The number of rotatable bonds is 2. The molecule has 59 valence electrons. The van der Waals surface area contributed by atoms with E-state index in [0.29, 0.717) is 5.92 Å². The van der Waals surface area contributed by atoms with Gasteiger partial charge in [0.1, 0.15) is 11.4 Å². The van der Waals surface area contributed by atoms with Gasteiger partial charge >= 0.3 is 0 Å². The van der Waals surface area contributed by atoms with Crippen molar-refractivity contribution in [2.45, 2.75) is 19.8 Å². The fourth-order valence-electron chi connectivity index (χ4n) is 1.28. The molecule has 0 atom stereocenters. The summed E-state index contributed by atoms with van der Waals surface area (Å²) in [6, 6.07) is 0. The van der Waals surface area contributed by atoms with E-state index in [0.717, 1.165) is 17.2 Å². The SMILES string of the molecule is COC1=C(C)[N]N=C1C1CC1. The molecule has 1 fully saturated rings. The average Bonchev–Trinajstić information content (AvgIpc) is 2.76. The molecular weight excluding hydrogens is 140 g/mol. The molecule has 0 amide bonds. The quantitative estimate of drug-likeness (QED) is 0.585. The molecule has 0 aromatic rings. The molecule has 3 heteroatoms. The third kappa shape index (κ3) is 1.00. The smallest absolute Gasteiger partial charge is 0.165 e. The van der Waals surface area contributed by atoms with Crippen LogP contribution in [0.2, 0.25) is 0 Å². The summed E-state index contributed by atoms with van der Waals surface area (Å²) in [6.45, 7) is 1.93. The van der Waals surface area contributed by atoms with Crippen molar-refractivity contribution < 1.29 is 4.74 Å². The molecule has 2 rings (SSSR count). The summed E-state index contributed by atoms with van der Waals surface area (Å²) in [4.78, 5) is 0. The molecular formula is C8H11N2O. The highest BCUT2D eigenvalue weighted by molar-refractivity contribution is 6.03. The Hall–Kier alpha value is -0.990. The third-order valence-corrected chi connectivity index (χ3v) is 2.04. The Kier molecular flexibility index (Phi) is 1.37. The maximum atomic E-state index is 5.19. The van der Waals surface area contributed by atoms with Crippen molar-refractivity contribution in [3.8, 4) is 0 Å². The summed E-state index contributed by atoms with van der Waals surface area (Å²) in [5.41, 5.74) is 5.95. The highest BCUT2D eigenvalue weighted by atomic mass is 16.5. The normalized spacial score (nSPS) is 23.3. The zero-order valence-corrected chi connectivity index (χ0v) is 6.79. The molecule has 1 heterocycles. The monoisotopic (exact) mass is 151 g/mol. The van der Waals surface area contributed by atoms with Crippen LogP contribution in [0.1, 0.15) is 19.8 Å². The van der Waals surface area contributed by atoms with Gasteiger partial charge < -0.3 is 4.74 Å². The van der Waals surface area contributed by atoms with Crippen molar-refractivity contribution in [2.75, 3.05) is 7.11 Å². The van der Waals surface area contributed by atoms with Crippen LogP contribution in [-0.2, 0) is 4.74 Å². The zero-order chi connectivity index (χ0) is 7.84. The molecule has 0 spiro atoms. The van der Waals surface area contributed by atoms with Gasteiger partial charge in [0, 0.05) is 5.92 Å². The van der Waals surface area contributed by atoms with Gasteiger partial charge in [0.25, 0.3) is 0 Å². The second-order valence-electron chi connectivity index (χ2n) is 2.98. The molecule has 0 N–H and O–H groups in total. The molecule has 3 nitrogen and oxygen atoms in total. The van der Waals surface area contributed by atoms with Crippen molar-refractivity contribution in [1.29, 1.82) is 0 Å². The van der Waals surface area contributed by atoms with E-state index < -0.39 is 0 Å². The number of allylic oxidation sites excluding steroid dienone is 2. The first kappa shape index (κ1) is 6.70. The summed E-state index contributed by atoms with van der Waals surface area (Å²) in [6.07, 6.45) is 2.49. The number of hydrogen-bond donors (Lipinski definition) is 0. The second-order valence-corrected chi connectivity index (χ2v) is 2.98. The van der Waals surface area contributed by atoms with Gasteiger partial charge in [0.2, 0.25) is 0 Å². The lowest BCUT2D eigenvalue weighted by atomic mass is 10.2. The largest absolute Gasteiger partial charge is 0.493 e. The molecule has 1 radical (unpaired) electrons. The third-order valence-electron chi connectivity index (χ3n) is 2.04. The van der Waals surface area contributed by atoms with Crippen LogP contribution in [0.4, 0.5) is 0 Å². The van der Waals surface area contributed by atoms with Gasteiger partial charge in [-0.2, -0.15) is 10.5 Å². The molecule has 0 aromatic carbocycles. The van der Waals surface area contributed by atoms with E-state index >= 15 is 0 Å². The number of ether oxygens (including phenoxy) is 1. The van der Waals surface area contributed by atoms with Crippen LogP contribution < -0.4 is 5.43 Å². The lowest BCUT2D eigenvalue weighted by molar-refractivity contribution is 0.310. The molecule has 0 aromatic heterocycles. The number of hydrogen-bond acceptors (Lipinski definition) is 2. The molecule has 1 aliphatic heterocycles. The van der Waals surface area contributed by atoms with Crippen LogP contribution >= 0.6 is 0 Å².